The average Bonchev–Trinajstić information content (AvgIpc) is 3.21. The van der Waals surface area contributed by atoms with Gasteiger partial charge in [0.1, 0.15) is 12.1 Å². The number of carbonyl (C=O) groups is 5. The summed E-state index contributed by atoms with van der Waals surface area (Å²) in [4.78, 5) is 61.4. The predicted octanol–water partition coefficient (Wildman–Crippen LogP) is -1.64. The molecule has 0 bridgehead atoms. The molecule has 0 aliphatic carbocycles. The molecule has 0 aromatic carbocycles. The number of nitrogens with zero attached hydrogens (tertiary/aromatic N) is 1. The van der Waals surface area contributed by atoms with Gasteiger partial charge in [0, 0.05) is 13.0 Å². The van der Waals surface area contributed by atoms with Crippen molar-refractivity contribution in [2.45, 2.75) is 69.3 Å². The number of aliphatic hydroxyl groups excluding tert-OH is 1. The van der Waals surface area contributed by atoms with E-state index >= 15 is 0 Å². The molecule has 0 aromatic rings. The molecule has 13 heteroatoms. The molecule has 5 atom stereocenters. The minimum absolute atomic E-state index is 0.0618. The van der Waals surface area contributed by atoms with E-state index in [9.17, 15) is 34.2 Å². The number of nitrogens with one attached hydrogen (secondary N) is 2. The topological polar surface area (TPSA) is 199 Å². The second kappa shape index (κ2) is 13.2. The monoisotopic (exact) mass is 476 g/mol. The van der Waals surface area contributed by atoms with Crippen molar-refractivity contribution in [3.8, 4) is 0 Å². The molecule has 1 aliphatic heterocycles. The molecular formula is C19H32N4O8S. The Balaban J connectivity index is 2.87. The maximum absolute atomic E-state index is 12.9. The largest absolute Gasteiger partial charge is 0.481 e. The Kier molecular flexibility index (Phi) is 11.4. The van der Waals surface area contributed by atoms with E-state index in [1.165, 1.54) is 23.6 Å². The van der Waals surface area contributed by atoms with Gasteiger partial charge in [-0.15, -0.1) is 0 Å². The Morgan fingerprint density at radius 2 is 1.81 bits per heavy atom. The summed E-state index contributed by atoms with van der Waals surface area (Å²) in [5.74, 6) is -3.86. The lowest BCUT2D eigenvalue weighted by atomic mass is 10.1. The maximum Gasteiger partial charge on any atom is 0.328 e. The van der Waals surface area contributed by atoms with Crippen LogP contribution in [0.25, 0.3) is 0 Å². The lowest BCUT2D eigenvalue weighted by molar-refractivity contribution is -0.145. The van der Waals surface area contributed by atoms with Gasteiger partial charge in [-0.2, -0.15) is 11.8 Å². The second-order valence-corrected chi connectivity index (χ2v) is 8.62. The second-order valence-electron chi connectivity index (χ2n) is 7.64. The molecule has 3 amide bonds. The molecule has 1 fully saturated rings. The highest BCUT2D eigenvalue weighted by Crippen LogP contribution is 2.19. The van der Waals surface area contributed by atoms with Gasteiger partial charge in [0.05, 0.1) is 12.1 Å². The van der Waals surface area contributed by atoms with Crippen LogP contribution in [0, 0.1) is 0 Å². The highest BCUT2D eigenvalue weighted by Gasteiger charge is 2.38. The molecular weight excluding hydrogens is 444 g/mol. The third-order valence-electron chi connectivity index (χ3n) is 5.11. The number of carbonyl (C=O) groups excluding carboxylic acids is 3. The van der Waals surface area contributed by atoms with Gasteiger partial charge in [-0.25, -0.2) is 4.79 Å². The van der Waals surface area contributed by atoms with Crippen molar-refractivity contribution in [1.29, 1.82) is 0 Å². The number of hydrogen-bond acceptors (Lipinski definition) is 8. The first-order valence-corrected chi connectivity index (χ1v) is 11.7. The van der Waals surface area contributed by atoms with E-state index in [0.717, 1.165) is 0 Å². The molecule has 0 saturated carbocycles. The molecule has 0 spiro atoms. The molecule has 1 heterocycles. The van der Waals surface area contributed by atoms with Crippen molar-refractivity contribution in [2.24, 2.45) is 5.73 Å². The summed E-state index contributed by atoms with van der Waals surface area (Å²) in [6.07, 6.45) is 1.23. The SMILES string of the molecule is CSCCC(NC(=O)C1CCCN1C(=O)C(N)CCC(=O)O)C(=O)NC(C(=O)O)C(C)O. The minimum Gasteiger partial charge on any atom is -0.481 e. The average molecular weight is 477 g/mol. The number of amides is 3. The molecule has 0 aromatic heterocycles. The van der Waals surface area contributed by atoms with Crippen LogP contribution < -0.4 is 16.4 Å². The minimum atomic E-state index is -1.53. The van der Waals surface area contributed by atoms with Crippen LogP contribution >= 0.6 is 11.8 Å². The molecule has 5 unspecified atom stereocenters. The van der Waals surface area contributed by atoms with Gasteiger partial charge >= 0.3 is 11.9 Å². The van der Waals surface area contributed by atoms with Gasteiger partial charge in [0.25, 0.3) is 0 Å². The van der Waals surface area contributed by atoms with E-state index in [1.54, 1.807) is 0 Å². The lowest BCUT2D eigenvalue weighted by Gasteiger charge is -2.28. The third kappa shape index (κ3) is 8.28. The molecule has 7 N–H and O–H groups in total. The molecule has 182 valence electrons. The summed E-state index contributed by atoms with van der Waals surface area (Å²) >= 11 is 1.43. The summed E-state index contributed by atoms with van der Waals surface area (Å²) in [6, 6.07) is -4.52. The van der Waals surface area contributed by atoms with Gasteiger partial charge in [-0.05, 0) is 44.6 Å². The summed E-state index contributed by atoms with van der Waals surface area (Å²) in [7, 11) is 0. The van der Waals surface area contributed by atoms with Crippen LogP contribution in [0.5, 0.6) is 0 Å². The number of thioether (sulfide) groups is 1. The van der Waals surface area contributed by atoms with Crippen molar-refractivity contribution in [1.82, 2.24) is 15.5 Å². The van der Waals surface area contributed by atoms with Gasteiger partial charge in [0.15, 0.2) is 6.04 Å². The number of rotatable bonds is 13. The van der Waals surface area contributed by atoms with Crippen LogP contribution in [0.15, 0.2) is 0 Å². The first-order valence-electron chi connectivity index (χ1n) is 10.3. The van der Waals surface area contributed by atoms with Crippen LogP contribution in [0.3, 0.4) is 0 Å². The van der Waals surface area contributed by atoms with Gasteiger partial charge in [-0.1, -0.05) is 0 Å². The number of aliphatic hydroxyl groups is 1. The molecule has 1 saturated heterocycles. The van der Waals surface area contributed by atoms with Crippen LogP contribution in [-0.2, 0) is 24.0 Å². The molecule has 1 rings (SSSR count). The molecule has 12 nitrogen and oxygen atoms in total. The Labute approximate surface area is 190 Å². The van der Waals surface area contributed by atoms with Crippen molar-refractivity contribution in [3.63, 3.8) is 0 Å². The normalized spacial score (nSPS) is 19.5. The summed E-state index contributed by atoms with van der Waals surface area (Å²) in [5.41, 5.74) is 5.80. The maximum atomic E-state index is 12.9. The van der Waals surface area contributed by atoms with E-state index in [4.69, 9.17) is 10.8 Å². The van der Waals surface area contributed by atoms with Gasteiger partial charge in [0.2, 0.25) is 17.7 Å². The lowest BCUT2D eigenvalue weighted by Crippen LogP contribution is -2.58. The molecule has 0 radical (unpaired) electrons. The fraction of sp³-hybridized carbons (Fsp3) is 0.737. The van der Waals surface area contributed by atoms with E-state index in [0.29, 0.717) is 18.6 Å². The smallest absolute Gasteiger partial charge is 0.328 e. The Bertz CT molecular complexity index is 705. The zero-order valence-electron chi connectivity index (χ0n) is 18.2. The van der Waals surface area contributed by atoms with E-state index < -0.39 is 59.9 Å². The van der Waals surface area contributed by atoms with Crippen molar-refractivity contribution in [2.75, 3.05) is 18.6 Å². The Morgan fingerprint density at radius 1 is 1.16 bits per heavy atom. The molecule has 32 heavy (non-hydrogen) atoms. The van der Waals surface area contributed by atoms with Crippen molar-refractivity contribution in [3.05, 3.63) is 0 Å². The van der Waals surface area contributed by atoms with Crippen molar-refractivity contribution < 1.29 is 39.3 Å². The van der Waals surface area contributed by atoms with E-state index in [-0.39, 0.29) is 25.8 Å². The predicted molar refractivity (Wildman–Crippen MR) is 116 cm³/mol. The number of aliphatic carboxylic acids is 2. The Morgan fingerprint density at radius 3 is 2.34 bits per heavy atom. The van der Waals surface area contributed by atoms with Crippen molar-refractivity contribution >= 4 is 41.4 Å². The fourth-order valence-electron chi connectivity index (χ4n) is 3.33. The fourth-order valence-corrected chi connectivity index (χ4v) is 3.80. The number of nitrogens with two attached hydrogens (primary N) is 1. The number of carboxylic acid groups (broad SMARTS) is 2. The van der Waals surface area contributed by atoms with Crippen LogP contribution in [-0.4, -0.2) is 98.7 Å². The Hall–Kier alpha value is -2.38. The quantitative estimate of drug-likeness (QED) is 0.179. The summed E-state index contributed by atoms with van der Waals surface area (Å²) in [5, 5.41) is 32.3. The first kappa shape index (κ1) is 27.7. The van der Waals surface area contributed by atoms with E-state index in [2.05, 4.69) is 10.6 Å². The highest BCUT2D eigenvalue weighted by atomic mass is 32.2. The van der Waals surface area contributed by atoms with Crippen LogP contribution in [0.2, 0.25) is 0 Å². The van der Waals surface area contributed by atoms with Gasteiger partial charge < -0.3 is 36.6 Å². The zero-order chi connectivity index (χ0) is 24.4. The zero-order valence-corrected chi connectivity index (χ0v) is 19.0. The van der Waals surface area contributed by atoms with Crippen LogP contribution in [0.1, 0.15) is 39.0 Å². The summed E-state index contributed by atoms with van der Waals surface area (Å²) in [6.45, 7) is 1.51. The van der Waals surface area contributed by atoms with Gasteiger partial charge in [-0.3, -0.25) is 19.2 Å². The number of carboxylic acids is 2. The highest BCUT2D eigenvalue weighted by molar-refractivity contribution is 7.98. The van der Waals surface area contributed by atoms with Crippen LogP contribution in [0.4, 0.5) is 0 Å². The third-order valence-corrected chi connectivity index (χ3v) is 5.76. The summed E-state index contributed by atoms with van der Waals surface area (Å²) < 4.78 is 0. The number of likely N-dealkylation sites (tertiary alicyclic amines) is 1. The first-order chi connectivity index (χ1) is 15.0. The standard InChI is InChI=1S/C19H32N4O8S/c1-10(24)15(19(30)31)22-16(27)12(7-9-32-2)21-17(28)13-4-3-8-23(13)18(29)11(20)5-6-14(25)26/h10-13,15,24H,3-9,20H2,1-2H3,(H,21,28)(H,22,27)(H,25,26)(H,30,31). The number of hydrogen-bond donors (Lipinski definition) is 6. The van der Waals surface area contributed by atoms with E-state index in [1.807, 2.05) is 6.26 Å². The molecule has 1 aliphatic rings.